The van der Waals surface area contributed by atoms with Crippen molar-refractivity contribution >= 4 is 61.5 Å². The number of ether oxygens (including phenoxy) is 1. The van der Waals surface area contributed by atoms with Gasteiger partial charge in [-0.05, 0) is 43.2 Å². The molecule has 2 N–H and O–H groups in total. The van der Waals surface area contributed by atoms with Gasteiger partial charge in [0, 0.05) is 63.1 Å². The first-order valence-corrected chi connectivity index (χ1v) is 16.5. The fourth-order valence-corrected chi connectivity index (χ4v) is 5.62. The van der Waals surface area contributed by atoms with Crippen molar-refractivity contribution in [2.45, 2.75) is 115 Å². The van der Waals surface area contributed by atoms with E-state index in [1.807, 2.05) is 6.07 Å². The predicted octanol–water partition coefficient (Wildman–Crippen LogP) is 8.24. The van der Waals surface area contributed by atoms with Gasteiger partial charge in [-0.3, -0.25) is 14.4 Å². The van der Waals surface area contributed by atoms with E-state index in [0.29, 0.717) is 11.4 Å². The third-order valence-electron chi connectivity index (χ3n) is 7.26. The standard InChI is InChI=1S/C32H46N2O5S.K/c1-2-3-4-5-6-7-8-9-10-11-12-13-14-15-17-20-27-25-32(35)34(33-27)28-23-24-30(31(26-28)40(36,37)38)39-29-21-18-16-19-22-29;/h16,18-19,21-26,33H,2-15,17,20H2,1H3,(H,36,37,38);. The summed E-state index contributed by atoms with van der Waals surface area (Å²) in [5.41, 5.74) is 0.826. The zero-order valence-corrected chi connectivity index (χ0v) is 28.9. The molecule has 1 aromatic heterocycles. The minimum atomic E-state index is -4.58. The number of hydrogen-bond donors (Lipinski definition) is 2. The second-order valence-electron chi connectivity index (χ2n) is 10.7. The second-order valence-corrected chi connectivity index (χ2v) is 12.1. The normalized spacial score (nSPS) is 11.4. The summed E-state index contributed by atoms with van der Waals surface area (Å²) in [6.07, 6.45) is 20.3. The van der Waals surface area contributed by atoms with Gasteiger partial charge in [-0.15, -0.1) is 0 Å². The Labute approximate surface area is 288 Å². The topological polar surface area (TPSA) is 101 Å². The number of benzene rings is 2. The van der Waals surface area contributed by atoms with Gasteiger partial charge in [-0.2, -0.15) is 8.42 Å². The summed E-state index contributed by atoms with van der Waals surface area (Å²) in [4.78, 5) is 12.2. The molecule has 7 nitrogen and oxygen atoms in total. The van der Waals surface area contributed by atoms with Crippen LogP contribution < -0.4 is 10.3 Å². The summed E-state index contributed by atoms with van der Waals surface area (Å²) in [7, 11) is -4.58. The van der Waals surface area contributed by atoms with Gasteiger partial charge in [0.2, 0.25) is 0 Å². The molecule has 1 radical (unpaired) electrons. The smallest absolute Gasteiger partial charge is 0.298 e. The maximum atomic E-state index is 12.6. The summed E-state index contributed by atoms with van der Waals surface area (Å²) in [6, 6.07) is 14.5. The van der Waals surface area contributed by atoms with Crippen LogP contribution in [-0.4, -0.2) is 74.1 Å². The molecule has 0 aliphatic carbocycles. The summed E-state index contributed by atoms with van der Waals surface area (Å²) in [5.74, 6) is 0.415. The molecule has 0 saturated heterocycles. The molecule has 0 aliphatic heterocycles. The third-order valence-corrected chi connectivity index (χ3v) is 8.13. The molecule has 0 spiro atoms. The molecule has 0 fully saturated rings. The minimum absolute atomic E-state index is 0. The fraction of sp³-hybridized carbons (Fsp3) is 0.531. The van der Waals surface area contributed by atoms with Crippen LogP contribution in [-0.2, 0) is 16.5 Å². The number of rotatable bonds is 20. The molecular formula is C32H46KN2O5S. The van der Waals surface area contributed by atoms with E-state index in [1.165, 1.54) is 100 Å². The Bertz CT molecular complexity index is 1310. The first kappa shape index (κ1) is 36.0. The first-order valence-electron chi connectivity index (χ1n) is 15.0. The Morgan fingerprint density at radius 3 is 1.83 bits per heavy atom. The zero-order chi connectivity index (χ0) is 28.6. The predicted molar refractivity (Wildman–Crippen MR) is 167 cm³/mol. The summed E-state index contributed by atoms with van der Waals surface area (Å²) in [5, 5.41) is 3.08. The average Bonchev–Trinajstić information content (AvgIpc) is 3.31. The molecule has 3 aromatic rings. The van der Waals surface area contributed by atoms with Crippen LogP contribution in [0.15, 0.2) is 64.3 Å². The van der Waals surface area contributed by atoms with Crippen LogP contribution in [0.4, 0.5) is 0 Å². The van der Waals surface area contributed by atoms with Crippen molar-refractivity contribution in [3.05, 3.63) is 70.6 Å². The number of aromatic nitrogens is 2. The Morgan fingerprint density at radius 2 is 1.29 bits per heavy atom. The van der Waals surface area contributed by atoms with Crippen molar-refractivity contribution in [1.29, 1.82) is 0 Å². The molecule has 221 valence electrons. The van der Waals surface area contributed by atoms with Gasteiger partial charge < -0.3 is 4.74 Å². The SMILES string of the molecule is CCCCCCCCCCCCCCCCCc1cc(=O)n(-c2ccc(Oc3ccccc3)c(S(=O)(=O)O)c2)[nH]1.[K]. The van der Waals surface area contributed by atoms with Crippen LogP contribution in [0, 0.1) is 0 Å². The molecule has 3 rings (SSSR count). The minimum Gasteiger partial charge on any atom is -0.456 e. The second kappa shape index (κ2) is 19.9. The third kappa shape index (κ3) is 13.3. The van der Waals surface area contributed by atoms with E-state index in [0.717, 1.165) is 25.0 Å². The van der Waals surface area contributed by atoms with Gasteiger partial charge in [0.25, 0.3) is 15.7 Å². The largest absolute Gasteiger partial charge is 0.456 e. The van der Waals surface area contributed by atoms with Gasteiger partial charge in [0.1, 0.15) is 16.4 Å². The molecular weight excluding hydrogens is 564 g/mol. The van der Waals surface area contributed by atoms with Gasteiger partial charge in [0.05, 0.1) is 5.69 Å². The number of nitrogens with zero attached hydrogens (tertiary/aromatic N) is 1. The van der Waals surface area contributed by atoms with E-state index in [-0.39, 0.29) is 62.7 Å². The molecule has 0 unspecified atom stereocenters. The Morgan fingerprint density at radius 1 is 0.756 bits per heavy atom. The van der Waals surface area contributed by atoms with Gasteiger partial charge in [-0.1, -0.05) is 115 Å². The molecule has 9 heteroatoms. The number of hydrogen-bond acceptors (Lipinski definition) is 4. The molecule has 0 saturated carbocycles. The number of H-pyrrole nitrogens is 1. The summed E-state index contributed by atoms with van der Waals surface area (Å²) >= 11 is 0. The van der Waals surface area contributed by atoms with Crippen molar-refractivity contribution in [2.24, 2.45) is 0 Å². The Hall–Kier alpha value is -1.20. The maximum absolute atomic E-state index is 12.6. The van der Waals surface area contributed by atoms with Crippen LogP contribution in [0.5, 0.6) is 11.5 Å². The number of para-hydroxylation sites is 1. The van der Waals surface area contributed by atoms with Crippen LogP contribution in [0.1, 0.15) is 109 Å². The van der Waals surface area contributed by atoms with Crippen LogP contribution in [0.2, 0.25) is 0 Å². The van der Waals surface area contributed by atoms with Crippen LogP contribution in [0.25, 0.3) is 5.69 Å². The monoisotopic (exact) mass is 609 g/mol. The van der Waals surface area contributed by atoms with Crippen LogP contribution in [0.3, 0.4) is 0 Å². The average molecular weight is 610 g/mol. The van der Waals surface area contributed by atoms with E-state index in [4.69, 9.17) is 4.74 Å². The Kier molecular flexibility index (Phi) is 17.5. The maximum Gasteiger partial charge on any atom is 0.298 e. The van der Waals surface area contributed by atoms with Crippen molar-refractivity contribution in [2.75, 3.05) is 0 Å². The molecule has 2 aromatic carbocycles. The molecule has 0 bridgehead atoms. The van der Waals surface area contributed by atoms with Gasteiger partial charge in [0.15, 0.2) is 0 Å². The van der Waals surface area contributed by atoms with Crippen LogP contribution >= 0.6 is 0 Å². The number of unbranched alkanes of at least 4 members (excludes halogenated alkanes) is 14. The number of aromatic amines is 1. The van der Waals surface area contributed by atoms with E-state index in [2.05, 4.69) is 12.0 Å². The van der Waals surface area contributed by atoms with Crippen molar-refractivity contribution < 1.29 is 17.7 Å². The summed E-state index contributed by atoms with van der Waals surface area (Å²) < 4.78 is 40.9. The van der Waals surface area contributed by atoms with Gasteiger partial charge in [-0.25, -0.2) is 4.68 Å². The first-order chi connectivity index (χ1) is 19.4. The molecule has 41 heavy (non-hydrogen) atoms. The van der Waals surface area contributed by atoms with E-state index in [9.17, 15) is 17.8 Å². The fourth-order valence-electron chi connectivity index (χ4n) is 4.99. The van der Waals surface area contributed by atoms with Crippen molar-refractivity contribution in [3.8, 4) is 17.2 Å². The zero-order valence-electron chi connectivity index (χ0n) is 24.9. The molecule has 0 amide bonds. The van der Waals surface area contributed by atoms with Gasteiger partial charge >= 0.3 is 0 Å². The van der Waals surface area contributed by atoms with E-state index in [1.54, 1.807) is 36.4 Å². The summed E-state index contributed by atoms with van der Waals surface area (Å²) in [6.45, 7) is 2.26. The van der Waals surface area contributed by atoms with E-state index < -0.39 is 15.0 Å². The Balaban J connectivity index is 0.00000588. The molecule has 0 atom stereocenters. The van der Waals surface area contributed by atoms with Crippen molar-refractivity contribution in [3.63, 3.8) is 0 Å². The number of nitrogens with one attached hydrogen (secondary N) is 1. The quantitative estimate of drug-likeness (QED) is 0.0763. The number of aryl methyl sites for hydroxylation is 1. The molecule has 0 aliphatic rings. The van der Waals surface area contributed by atoms with Crippen molar-refractivity contribution in [1.82, 2.24) is 9.78 Å². The van der Waals surface area contributed by atoms with E-state index >= 15 is 0 Å². The molecule has 1 heterocycles.